The Morgan fingerprint density at radius 1 is 1.58 bits per heavy atom. The lowest BCUT2D eigenvalue weighted by atomic mass is 9.75. The molecule has 1 fully saturated rings. The molecule has 1 aromatic rings. The predicted molar refractivity (Wildman–Crippen MR) is 80.3 cm³/mol. The highest BCUT2D eigenvalue weighted by atomic mass is 35.5. The summed E-state index contributed by atoms with van der Waals surface area (Å²) in [5.41, 5.74) is 5.87. The van der Waals surface area contributed by atoms with Gasteiger partial charge in [-0.3, -0.25) is 4.79 Å². The van der Waals surface area contributed by atoms with Crippen molar-refractivity contribution >= 4 is 28.8 Å². The summed E-state index contributed by atoms with van der Waals surface area (Å²) < 4.78 is 0.746. The number of thiophene rings is 1. The highest BCUT2D eigenvalue weighted by Crippen LogP contribution is 2.33. The van der Waals surface area contributed by atoms with E-state index in [-0.39, 0.29) is 11.4 Å². The van der Waals surface area contributed by atoms with Crippen LogP contribution in [0.25, 0.3) is 0 Å². The summed E-state index contributed by atoms with van der Waals surface area (Å²) in [6.45, 7) is 4.84. The fraction of sp³-hybridized carbons (Fsp3) is 0.500. The second kappa shape index (κ2) is 6.07. The number of nitrogens with two attached hydrogens (primary N) is 1. The van der Waals surface area contributed by atoms with Gasteiger partial charge >= 0.3 is 0 Å². The minimum Gasteiger partial charge on any atom is -0.334 e. The van der Waals surface area contributed by atoms with E-state index in [2.05, 4.69) is 6.58 Å². The Kier molecular flexibility index (Phi) is 4.66. The van der Waals surface area contributed by atoms with Crippen molar-refractivity contribution in [2.75, 3.05) is 6.54 Å². The van der Waals surface area contributed by atoms with Crippen LogP contribution >= 0.6 is 22.9 Å². The zero-order chi connectivity index (χ0) is 13.9. The maximum atomic E-state index is 12.3. The van der Waals surface area contributed by atoms with Crippen molar-refractivity contribution in [2.45, 2.75) is 37.8 Å². The third-order valence-corrected chi connectivity index (χ3v) is 4.75. The molecule has 0 aliphatic heterocycles. The standard InChI is InChI=1S/C14H19ClN2OS/c1-2-8-17(10-11-4-5-12(15)19-11)13(18)9-14(16)6-3-7-14/h2,4-5H,1,3,6-10,16H2. The first-order valence-corrected chi connectivity index (χ1v) is 7.64. The van der Waals surface area contributed by atoms with E-state index in [1.54, 1.807) is 11.0 Å². The van der Waals surface area contributed by atoms with Gasteiger partial charge in [-0.25, -0.2) is 0 Å². The second-order valence-electron chi connectivity index (χ2n) is 5.16. The minimum absolute atomic E-state index is 0.103. The first kappa shape index (κ1) is 14.6. The molecule has 0 saturated heterocycles. The zero-order valence-corrected chi connectivity index (χ0v) is 12.5. The number of hydrogen-bond donors (Lipinski definition) is 1. The highest BCUT2D eigenvalue weighted by Gasteiger charge is 2.35. The van der Waals surface area contributed by atoms with E-state index in [4.69, 9.17) is 17.3 Å². The van der Waals surface area contributed by atoms with E-state index < -0.39 is 0 Å². The summed E-state index contributed by atoms with van der Waals surface area (Å²) in [7, 11) is 0. The summed E-state index contributed by atoms with van der Waals surface area (Å²) >= 11 is 7.42. The first-order chi connectivity index (χ1) is 9.02. The summed E-state index contributed by atoms with van der Waals surface area (Å²) in [5.74, 6) is 0.103. The van der Waals surface area contributed by atoms with E-state index in [9.17, 15) is 4.79 Å². The largest absolute Gasteiger partial charge is 0.334 e. The number of hydrogen-bond acceptors (Lipinski definition) is 3. The van der Waals surface area contributed by atoms with Gasteiger partial charge in [0.2, 0.25) is 5.91 Å². The summed E-state index contributed by atoms with van der Waals surface area (Å²) in [6.07, 6.45) is 5.21. The number of amides is 1. The smallest absolute Gasteiger partial charge is 0.225 e. The van der Waals surface area contributed by atoms with Gasteiger partial charge < -0.3 is 10.6 Å². The van der Waals surface area contributed by atoms with Crippen LogP contribution in [0.15, 0.2) is 24.8 Å². The average molecular weight is 299 g/mol. The van der Waals surface area contributed by atoms with Crippen molar-refractivity contribution in [2.24, 2.45) is 5.73 Å². The summed E-state index contributed by atoms with van der Waals surface area (Å²) in [6, 6.07) is 3.81. The van der Waals surface area contributed by atoms with Gasteiger partial charge in [0.1, 0.15) is 0 Å². The number of carbonyl (C=O) groups is 1. The lowest BCUT2D eigenvalue weighted by Crippen LogP contribution is -2.50. The Morgan fingerprint density at radius 3 is 2.79 bits per heavy atom. The molecule has 3 nitrogen and oxygen atoms in total. The van der Waals surface area contributed by atoms with Gasteiger partial charge in [-0.15, -0.1) is 17.9 Å². The van der Waals surface area contributed by atoms with Crippen LogP contribution in [0.1, 0.15) is 30.6 Å². The van der Waals surface area contributed by atoms with Crippen LogP contribution in [-0.2, 0) is 11.3 Å². The molecule has 1 amide bonds. The predicted octanol–water partition coefficient (Wildman–Crippen LogP) is 3.19. The maximum absolute atomic E-state index is 12.3. The van der Waals surface area contributed by atoms with Gasteiger partial charge in [0, 0.05) is 23.4 Å². The summed E-state index contributed by atoms with van der Waals surface area (Å²) in [4.78, 5) is 15.2. The van der Waals surface area contributed by atoms with E-state index in [1.807, 2.05) is 12.1 Å². The van der Waals surface area contributed by atoms with Crippen molar-refractivity contribution in [1.29, 1.82) is 0 Å². The fourth-order valence-corrected chi connectivity index (χ4v) is 3.36. The molecule has 1 heterocycles. The van der Waals surface area contributed by atoms with Crippen molar-refractivity contribution in [3.8, 4) is 0 Å². The lowest BCUT2D eigenvalue weighted by molar-refractivity contribution is -0.133. The van der Waals surface area contributed by atoms with Gasteiger partial charge in [0.25, 0.3) is 0 Å². The molecule has 0 aromatic carbocycles. The van der Waals surface area contributed by atoms with Gasteiger partial charge in [-0.2, -0.15) is 0 Å². The van der Waals surface area contributed by atoms with Gasteiger partial charge in [-0.05, 0) is 31.4 Å². The highest BCUT2D eigenvalue weighted by molar-refractivity contribution is 7.16. The first-order valence-electron chi connectivity index (χ1n) is 6.44. The van der Waals surface area contributed by atoms with E-state index in [1.165, 1.54) is 11.3 Å². The molecule has 1 aliphatic rings. The molecule has 0 spiro atoms. The van der Waals surface area contributed by atoms with Crippen molar-refractivity contribution in [3.05, 3.63) is 34.0 Å². The van der Waals surface area contributed by atoms with Crippen molar-refractivity contribution < 1.29 is 4.79 Å². The molecule has 0 radical (unpaired) electrons. The number of nitrogens with zero attached hydrogens (tertiary/aromatic N) is 1. The quantitative estimate of drug-likeness (QED) is 0.820. The van der Waals surface area contributed by atoms with E-state index in [0.29, 0.717) is 19.5 Å². The number of rotatable bonds is 6. The Hall–Kier alpha value is -0.840. The van der Waals surface area contributed by atoms with Crippen LogP contribution in [0.3, 0.4) is 0 Å². The van der Waals surface area contributed by atoms with Crippen LogP contribution in [0.2, 0.25) is 4.34 Å². The molecule has 0 unspecified atom stereocenters. The SMILES string of the molecule is C=CCN(Cc1ccc(Cl)s1)C(=O)CC1(N)CCC1. The normalized spacial score (nSPS) is 16.7. The molecule has 1 saturated carbocycles. The van der Waals surface area contributed by atoms with Crippen LogP contribution in [0, 0.1) is 0 Å². The molecule has 0 atom stereocenters. The van der Waals surface area contributed by atoms with Gasteiger partial charge in [0.15, 0.2) is 0 Å². The molecule has 1 aromatic heterocycles. The molecule has 19 heavy (non-hydrogen) atoms. The molecule has 5 heteroatoms. The molecule has 2 rings (SSSR count). The fourth-order valence-electron chi connectivity index (χ4n) is 2.26. The molecule has 1 aliphatic carbocycles. The molecular formula is C14H19ClN2OS. The number of carbonyl (C=O) groups excluding carboxylic acids is 1. The minimum atomic E-state index is -0.274. The second-order valence-corrected chi connectivity index (χ2v) is 6.96. The maximum Gasteiger partial charge on any atom is 0.225 e. The van der Waals surface area contributed by atoms with Crippen molar-refractivity contribution in [1.82, 2.24) is 4.90 Å². The van der Waals surface area contributed by atoms with E-state index >= 15 is 0 Å². The van der Waals surface area contributed by atoms with Crippen LogP contribution in [0.4, 0.5) is 0 Å². The summed E-state index contributed by atoms with van der Waals surface area (Å²) in [5, 5.41) is 0. The molecule has 0 bridgehead atoms. The topological polar surface area (TPSA) is 46.3 Å². The van der Waals surface area contributed by atoms with Crippen LogP contribution in [0.5, 0.6) is 0 Å². The lowest BCUT2D eigenvalue weighted by Gasteiger charge is -2.38. The van der Waals surface area contributed by atoms with Crippen molar-refractivity contribution in [3.63, 3.8) is 0 Å². The van der Waals surface area contributed by atoms with E-state index in [0.717, 1.165) is 28.5 Å². The van der Waals surface area contributed by atoms with Crippen LogP contribution in [-0.4, -0.2) is 22.9 Å². The zero-order valence-electron chi connectivity index (χ0n) is 10.9. The van der Waals surface area contributed by atoms with Gasteiger partial charge in [0.05, 0.1) is 10.9 Å². The Labute approximate surface area is 123 Å². The molecule has 2 N–H and O–H groups in total. The Morgan fingerprint density at radius 2 is 2.32 bits per heavy atom. The van der Waals surface area contributed by atoms with Crippen LogP contribution < -0.4 is 5.73 Å². The third kappa shape index (κ3) is 3.81. The monoisotopic (exact) mass is 298 g/mol. The average Bonchev–Trinajstić information content (AvgIpc) is 2.72. The van der Waals surface area contributed by atoms with Gasteiger partial charge in [-0.1, -0.05) is 17.7 Å². The Bertz CT molecular complexity index is 468. The third-order valence-electron chi connectivity index (χ3n) is 3.53. The molecule has 104 valence electrons. The Balaban J connectivity index is 1.98. The number of halogens is 1. The molecular weight excluding hydrogens is 280 g/mol.